The van der Waals surface area contributed by atoms with Crippen molar-refractivity contribution in [2.24, 2.45) is 0 Å². The molecule has 1 atom stereocenters. The van der Waals surface area contributed by atoms with Crippen LogP contribution in [0.5, 0.6) is 0 Å². The summed E-state index contributed by atoms with van der Waals surface area (Å²) in [6.45, 7) is 10.6. The zero-order valence-corrected chi connectivity index (χ0v) is 16.1. The van der Waals surface area contributed by atoms with E-state index in [1.54, 1.807) is 0 Å². The third-order valence-corrected chi connectivity index (χ3v) is 6.09. The average Bonchev–Trinajstić information content (AvgIpc) is 3.30. The highest BCUT2D eigenvalue weighted by Crippen LogP contribution is 2.32. The van der Waals surface area contributed by atoms with E-state index in [1.807, 2.05) is 18.6 Å². The first-order valence-corrected chi connectivity index (χ1v) is 10.2. The largest absolute Gasteiger partial charge is 0.324 e. The normalized spacial score (nSPS) is 22.9. The molecule has 0 N–H and O–H groups in total. The predicted molar refractivity (Wildman–Crippen MR) is 105 cm³/mol. The first-order valence-electron chi connectivity index (χ1n) is 10.2. The molecule has 0 aromatic carbocycles. The summed E-state index contributed by atoms with van der Waals surface area (Å²) in [5, 5.41) is 0. The Morgan fingerprint density at radius 2 is 1.77 bits per heavy atom. The Hall–Kier alpha value is -1.72. The van der Waals surface area contributed by atoms with Gasteiger partial charge < -0.3 is 9.47 Å². The molecule has 1 unspecified atom stereocenters. The van der Waals surface area contributed by atoms with E-state index in [1.165, 1.54) is 63.1 Å². The van der Waals surface area contributed by atoms with Gasteiger partial charge in [-0.2, -0.15) is 0 Å². The molecule has 5 heteroatoms. The smallest absolute Gasteiger partial charge is 0.140 e. The molecule has 2 fully saturated rings. The van der Waals surface area contributed by atoms with Crippen molar-refractivity contribution < 1.29 is 0 Å². The zero-order valence-electron chi connectivity index (χ0n) is 16.1. The molecule has 2 saturated heterocycles. The molecule has 2 aromatic heterocycles. The van der Waals surface area contributed by atoms with Crippen LogP contribution in [-0.2, 0) is 0 Å². The van der Waals surface area contributed by atoms with E-state index < -0.39 is 0 Å². The van der Waals surface area contributed by atoms with Gasteiger partial charge in [-0.1, -0.05) is 6.92 Å². The van der Waals surface area contributed by atoms with Gasteiger partial charge in [-0.3, -0.25) is 9.88 Å². The highest BCUT2D eigenvalue weighted by molar-refractivity contribution is 5.55. The second-order valence-electron chi connectivity index (χ2n) is 7.84. The molecule has 4 heterocycles. The lowest BCUT2D eigenvalue weighted by atomic mass is 10.0. The average molecular weight is 354 g/mol. The highest BCUT2D eigenvalue weighted by atomic mass is 15.3. The van der Waals surface area contributed by atoms with Crippen molar-refractivity contribution in [1.82, 2.24) is 24.3 Å². The maximum atomic E-state index is 4.71. The van der Waals surface area contributed by atoms with E-state index in [2.05, 4.69) is 45.3 Å². The van der Waals surface area contributed by atoms with Crippen molar-refractivity contribution in [3.05, 3.63) is 36.4 Å². The number of hydrogen-bond donors (Lipinski definition) is 0. The number of nitrogens with zero attached hydrogens (tertiary/aromatic N) is 5. The van der Waals surface area contributed by atoms with Crippen LogP contribution in [0.15, 0.2) is 30.7 Å². The van der Waals surface area contributed by atoms with Crippen LogP contribution >= 0.6 is 0 Å². The number of rotatable bonds is 5. The minimum absolute atomic E-state index is 0.536. The van der Waals surface area contributed by atoms with Crippen LogP contribution in [0, 0.1) is 6.92 Å². The molecule has 0 amide bonds. The predicted octanol–water partition coefficient (Wildman–Crippen LogP) is 3.37. The quantitative estimate of drug-likeness (QED) is 0.826. The summed E-state index contributed by atoms with van der Waals surface area (Å²) in [4.78, 5) is 14.2. The fourth-order valence-corrected chi connectivity index (χ4v) is 4.76. The lowest BCUT2D eigenvalue weighted by molar-refractivity contribution is 0.124. The van der Waals surface area contributed by atoms with Crippen LogP contribution in [-0.4, -0.2) is 63.1 Å². The number of piperidine rings is 1. The van der Waals surface area contributed by atoms with Crippen LogP contribution in [0.3, 0.4) is 0 Å². The van der Waals surface area contributed by atoms with Gasteiger partial charge in [-0.25, -0.2) is 4.98 Å². The molecule has 4 rings (SSSR count). The van der Waals surface area contributed by atoms with Gasteiger partial charge in [0.15, 0.2) is 0 Å². The molecule has 26 heavy (non-hydrogen) atoms. The van der Waals surface area contributed by atoms with E-state index in [-0.39, 0.29) is 0 Å². The summed E-state index contributed by atoms with van der Waals surface area (Å²) in [6, 6.07) is 5.43. The van der Waals surface area contributed by atoms with Gasteiger partial charge in [0.2, 0.25) is 0 Å². The van der Waals surface area contributed by atoms with E-state index in [0.29, 0.717) is 6.04 Å². The van der Waals surface area contributed by atoms with Crippen molar-refractivity contribution in [2.45, 2.75) is 51.6 Å². The van der Waals surface area contributed by atoms with Crippen molar-refractivity contribution in [3.8, 4) is 11.4 Å². The van der Waals surface area contributed by atoms with Gasteiger partial charge in [0.05, 0.1) is 0 Å². The lowest BCUT2D eigenvalue weighted by Crippen LogP contribution is -2.44. The number of pyridine rings is 1. The Morgan fingerprint density at radius 1 is 1.04 bits per heavy atom. The third kappa shape index (κ3) is 3.55. The van der Waals surface area contributed by atoms with Gasteiger partial charge in [0.1, 0.15) is 5.82 Å². The fraction of sp³-hybridized carbons (Fsp3) is 0.619. The lowest BCUT2D eigenvalue weighted by Gasteiger charge is -2.36. The summed E-state index contributed by atoms with van der Waals surface area (Å²) in [5.41, 5.74) is 2.43. The molecule has 0 aliphatic carbocycles. The van der Waals surface area contributed by atoms with Gasteiger partial charge in [-0.05, 0) is 64.4 Å². The van der Waals surface area contributed by atoms with Crippen LogP contribution in [0.25, 0.3) is 11.4 Å². The zero-order chi connectivity index (χ0) is 17.9. The molecule has 2 aliphatic rings. The Bertz CT molecular complexity index is 702. The SMILES string of the molecule is CCCN1CCC(N2CCC(n3c(C)cnc3-c3ccncc3)C2)CC1. The Kier molecular flexibility index (Phi) is 5.36. The molecule has 0 spiro atoms. The van der Waals surface area contributed by atoms with Crippen LogP contribution in [0.2, 0.25) is 0 Å². The molecular weight excluding hydrogens is 322 g/mol. The standard InChI is InChI=1S/C21H31N5/c1-3-11-24-12-6-19(7-13-24)25-14-8-20(16-25)26-17(2)15-23-21(26)18-4-9-22-10-5-18/h4-5,9-10,15,19-20H,3,6-8,11-14,16H2,1-2H3. The van der Waals surface area contributed by atoms with E-state index in [0.717, 1.165) is 18.4 Å². The van der Waals surface area contributed by atoms with Crippen molar-refractivity contribution >= 4 is 0 Å². The van der Waals surface area contributed by atoms with Gasteiger partial charge in [0.25, 0.3) is 0 Å². The third-order valence-electron chi connectivity index (χ3n) is 6.09. The maximum Gasteiger partial charge on any atom is 0.140 e. The number of imidazole rings is 1. The van der Waals surface area contributed by atoms with Gasteiger partial charge >= 0.3 is 0 Å². The number of aryl methyl sites for hydroxylation is 1. The van der Waals surface area contributed by atoms with Gasteiger partial charge in [0, 0.05) is 55.0 Å². The van der Waals surface area contributed by atoms with Crippen molar-refractivity contribution in [1.29, 1.82) is 0 Å². The molecule has 0 bridgehead atoms. The Balaban J connectivity index is 1.44. The number of aromatic nitrogens is 3. The van der Waals surface area contributed by atoms with E-state index in [9.17, 15) is 0 Å². The van der Waals surface area contributed by atoms with E-state index in [4.69, 9.17) is 4.98 Å². The Labute approximate surface area is 157 Å². The summed E-state index contributed by atoms with van der Waals surface area (Å²) in [7, 11) is 0. The molecule has 5 nitrogen and oxygen atoms in total. The van der Waals surface area contributed by atoms with Crippen molar-refractivity contribution in [2.75, 3.05) is 32.7 Å². The van der Waals surface area contributed by atoms with Crippen molar-refractivity contribution in [3.63, 3.8) is 0 Å². The van der Waals surface area contributed by atoms with Crippen LogP contribution < -0.4 is 0 Å². The first-order chi connectivity index (χ1) is 12.8. The van der Waals surface area contributed by atoms with Crippen LogP contribution in [0.1, 0.15) is 44.3 Å². The summed E-state index contributed by atoms with van der Waals surface area (Å²) in [6.07, 6.45) is 10.9. The topological polar surface area (TPSA) is 37.2 Å². The van der Waals surface area contributed by atoms with Gasteiger partial charge in [-0.15, -0.1) is 0 Å². The molecule has 0 saturated carbocycles. The minimum atomic E-state index is 0.536. The highest BCUT2D eigenvalue weighted by Gasteiger charge is 2.32. The van der Waals surface area contributed by atoms with Crippen LogP contribution in [0.4, 0.5) is 0 Å². The molecular formula is C21H31N5. The second-order valence-corrected chi connectivity index (χ2v) is 7.84. The maximum absolute atomic E-state index is 4.71. The Morgan fingerprint density at radius 3 is 2.50 bits per heavy atom. The monoisotopic (exact) mass is 353 g/mol. The fourth-order valence-electron chi connectivity index (χ4n) is 4.76. The second kappa shape index (κ2) is 7.89. The first kappa shape index (κ1) is 17.7. The molecule has 2 aliphatic heterocycles. The molecule has 0 radical (unpaired) electrons. The molecule has 2 aromatic rings. The minimum Gasteiger partial charge on any atom is -0.324 e. The number of hydrogen-bond acceptors (Lipinski definition) is 4. The summed E-state index contributed by atoms with van der Waals surface area (Å²) < 4.78 is 2.46. The molecule has 140 valence electrons. The number of likely N-dealkylation sites (tertiary alicyclic amines) is 2. The summed E-state index contributed by atoms with van der Waals surface area (Å²) in [5.74, 6) is 1.09. The summed E-state index contributed by atoms with van der Waals surface area (Å²) >= 11 is 0. The van der Waals surface area contributed by atoms with E-state index >= 15 is 0 Å².